The molecule has 0 unspecified atom stereocenters. The zero-order chi connectivity index (χ0) is 12.5. The Bertz CT molecular complexity index is 561. The van der Waals surface area contributed by atoms with Gasteiger partial charge in [0.25, 0.3) is 5.91 Å². The predicted molar refractivity (Wildman–Crippen MR) is 66.5 cm³/mol. The lowest BCUT2D eigenvalue weighted by molar-refractivity contribution is 0.102. The normalized spacial score (nSPS) is 13.8. The summed E-state index contributed by atoms with van der Waals surface area (Å²) < 4.78 is 3.59. The summed E-state index contributed by atoms with van der Waals surface area (Å²) in [5, 5.41) is 9.92. The molecule has 2 aromatic rings. The summed E-state index contributed by atoms with van der Waals surface area (Å²) in [5.41, 5.74) is 1.09. The van der Waals surface area contributed by atoms with Crippen molar-refractivity contribution in [1.29, 1.82) is 0 Å². The number of nitrogens with one attached hydrogen (secondary N) is 2. The maximum atomic E-state index is 12.0. The summed E-state index contributed by atoms with van der Waals surface area (Å²) in [7, 11) is 1.80. The van der Waals surface area contributed by atoms with Crippen LogP contribution in [0.1, 0.15) is 16.9 Å². The second-order valence-electron chi connectivity index (χ2n) is 4.28. The van der Waals surface area contributed by atoms with Gasteiger partial charge in [0, 0.05) is 32.5 Å². The lowest BCUT2D eigenvalue weighted by Gasteiger charge is -2.14. The fourth-order valence-electron chi connectivity index (χ4n) is 1.97. The number of aromatic nitrogens is 4. The van der Waals surface area contributed by atoms with Crippen LogP contribution in [0.15, 0.2) is 18.6 Å². The third kappa shape index (κ3) is 1.94. The number of carbonyl (C=O) groups is 1. The van der Waals surface area contributed by atoms with Crippen molar-refractivity contribution in [2.75, 3.05) is 17.2 Å². The standard InChI is InChI=1S/C11H14N6O/c1-16-6-8(5-13-16)14-10(18)9-7-17-4-2-3-12-11(17)15-9/h5-7H,2-4H2,1H3,(H,12,15)(H,14,18). The van der Waals surface area contributed by atoms with Crippen molar-refractivity contribution in [2.24, 2.45) is 7.05 Å². The van der Waals surface area contributed by atoms with Crippen molar-refractivity contribution in [1.82, 2.24) is 19.3 Å². The van der Waals surface area contributed by atoms with E-state index in [-0.39, 0.29) is 5.91 Å². The van der Waals surface area contributed by atoms with E-state index in [2.05, 4.69) is 20.7 Å². The molecule has 0 radical (unpaired) electrons. The van der Waals surface area contributed by atoms with Gasteiger partial charge in [-0.25, -0.2) is 4.98 Å². The lowest BCUT2D eigenvalue weighted by Crippen LogP contribution is -2.16. The van der Waals surface area contributed by atoms with Crippen molar-refractivity contribution in [2.45, 2.75) is 13.0 Å². The van der Waals surface area contributed by atoms with Crippen LogP contribution in [0, 0.1) is 0 Å². The van der Waals surface area contributed by atoms with E-state index >= 15 is 0 Å². The monoisotopic (exact) mass is 246 g/mol. The van der Waals surface area contributed by atoms with Gasteiger partial charge in [0.2, 0.25) is 5.95 Å². The van der Waals surface area contributed by atoms with Gasteiger partial charge in [-0.2, -0.15) is 5.10 Å². The quantitative estimate of drug-likeness (QED) is 0.817. The zero-order valence-electron chi connectivity index (χ0n) is 10.1. The Hall–Kier alpha value is -2.31. The zero-order valence-corrected chi connectivity index (χ0v) is 10.1. The van der Waals surface area contributed by atoms with Gasteiger partial charge in [0.05, 0.1) is 11.9 Å². The minimum atomic E-state index is -0.216. The molecule has 0 aromatic carbocycles. The van der Waals surface area contributed by atoms with E-state index < -0.39 is 0 Å². The topological polar surface area (TPSA) is 76.8 Å². The summed E-state index contributed by atoms with van der Waals surface area (Å²) in [6.45, 7) is 1.80. The predicted octanol–water partition coefficient (Wildman–Crippen LogP) is 0.684. The van der Waals surface area contributed by atoms with Gasteiger partial charge in [-0.1, -0.05) is 0 Å². The van der Waals surface area contributed by atoms with E-state index in [9.17, 15) is 4.79 Å². The van der Waals surface area contributed by atoms with Crippen molar-refractivity contribution in [3.05, 3.63) is 24.3 Å². The molecule has 0 fully saturated rings. The number of anilines is 2. The minimum Gasteiger partial charge on any atom is -0.356 e. The van der Waals surface area contributed by atoms with E-state index in [1.54, 1.807) is 30.3 Å². The summed E-state index contributed by atoms with van der Waals surface area (Å²) >= 11 is 0. The van der Waals surface area contributed by atoms with Gasteiger partial charge < -0.3 is 15.2 Å². The van der Waals surface area contributed by atoms with Gasteiger partial charge in [-0.15, -0.1) is 0 Å². The molecule has 0 spiro atoms. The van der Waals surface area contributed by atoms with Crippen LogP contribution < -0.4 is 10.6 Å². The maximum absolute atomic E-state index is 12.0. The second-order valence-corrected chi connectivity index (χ2v) is 4.28. The molecular weight excluding hydrogens is 232 g/mol. The Balaban J connectivity index is 1.78. The minimum absolute atomic E-state index is 0.216. The molecule has 2 N–H and O–H groups in total. The Morgan fingerprint density at radius 1 is 1.50 bits per heavy atom. The Morgan fingerprint density at radius 3 is 3.11 bits per heavy atom. The summed E-state index contributed by atoms with van der Waals surface area (Å²) in [4.78, 5) is 16.3. The second kappa shape index (κ2) is 4.17. The van der Waals surface area contributed by atoms with Crippen molar-refractivity contribution in [3.63, 3.8) is 0 Å². The number of carbonyl (C=O) groups excluding carboxylic acids is 1. The first-order chi connectivity index (χ1) is 8.72. The van der Waals surface area contributed by atoms with Crippen molar-refractivity contribution >= 4 is 17.5 Å². The number of aryl methyl sites for hydroxylation is 2. The van der Waals surface area contributed by atoms with Gasteiger partial charge in [-0.3, -0.25) is 9.48 Å². The first-order valence-electron chi connectivity index (χ1n) is 5.83. The summed E-state index contributed by atoms with van der Waals surface area (Å²) in [6, 6.07) is 0. The molecule has 1 aliphatic rings. The molecule has 0 bridgehead atoms. The van der Waals surface area contributed by atoms with Crippen LogP contribution in [-0.2, 0) is 13.6 Å². The molecule has 1 aliphatic heterocycles. The largest absolute Gasteiger partial charge is 0.356 e. The lowest BCUT2D eigenvalue weighted by atomic mass is 10.4. The fourth-order valence-corrected chi connectivity index (χ4v) is 1.97. The summed E-state index contributed by atoms with van der Waals surface area (Å²) in [6.07, 6.45) is 6.17. The van der Waals surface area contributed by atoms with E-state index in [1.165, 1.54) is 0 Å². The Kier molecular flexibility index (Phi) is 2.51. The molecule has 1 amide bonds. The van der Waals surface area contributed by atoms with Crippen molar-refractivity contribution in [3.8, 4) is 0 Å². The average molecular weight is 246 g/mol. The maximum Gasteiger partial charge on any atom is 0.276 e. The Morgan fingerprint density at radius 2 is 2.39 bits per heavy atom. The number of nitrogens with zero attached hydrogens (tertiary/aromatic N) is 4. The van der Waals surface area contributed by atoms with Gasteiger partial charge in [-0.05, 0) is 6.42 Å². The molecule has 94 valence electrons. The highest BCUT2D eigenvalue weighted by molar-refractivity contribution is 6.02. The van der Waals surface area contributed by atoms with E-state index in [1.807, 2.05) is 4.57 Å². The molecule has 7 nitrogen and oxygen atoms in total. The van der Waals surface area contributed by atoms with Gasteiger partial charge in [0.1, 0.15) is 5.69 Å². The Labute approximate surface area is 104 Å². The molecule has 0 saturated carbocycles. The number of amides is 1. The third-order valence-corrected chi connectivity index (χ3v) is 2.83. The molecule has 0 saturated heterocycles. The fraction of sp³-hybridized carbons (Fsp3) is 0.364. The van der Waals surface area contributed by atoms with E-state index in [4.69, 9.17) is 0 Å². The van der Waals surface area contributed by atoms with Gasteiger partial charge >= 0.3 is 0 Å². The average Bonchev–Trinajstić information content (AvgIpc) is 2.95. The van der Waals surface area contributed by atoms with Crippen LogP contribution >= 0.6 is 0 Å². The molecule has 3 heterocycles. The van der Waals surface area contributed by atoms with E-state index in [0.717, 1.165) is 25.5 Å². The number of fused-ring (bicyclic) bond motifs is 1. The third-order valence-electron chi connectivity index (χ3n) is 2.83. The van der Waals surface area contributed by atoms with E-state index in [0.29, 0.717) is 11.4 Å². The smallest absolute Gasteiger partial charge is 0.276 e. The number of rotatable bonds is 2. The molecule has 3 rings (SSSR count). The van der Waals surface area contributed by atoms with Crippen LogP contribution in [0.4, 0.5) is 11.6 Å². The number of hydrogen-bond acceptors (Lipinski definition) is 4. The number of hydrogen-bond donors (Lipinski definition) is 2. The van der Waals surface area contributed by atoms with Crippen molar-refractivity contribution < 1.29 is 4.79 Å². The first kappa shape index (κ1) is 10.8. The summed E-state index contributed by atoms with van der Waals surface area (Å²) in [5.74, 6) is 0.546. The molecule has 2 aromatic heterocycles. The molecule has 0 atom stereocenters. The first-order valence-corrected chi connectivity index (χ1v) is 5.83. The molecular formula is C11H14N6O. The number of imidazole rings is 1. The highest BCUT2D eigenvalue weighted by Crippen LogP contribution is 2.15. The van der Waals surface area contributed by atoms with Crippen LogP contribution in [0.3, 0.4) is 0 Å². The van der Waals surface area contributed by atoms with Crippen LogP contribution in [0.2, 0.25) is 0 Å². The highest BCUT2D eigenvalue weighted by Gasteiger charge is 2.16. The molecule has 7 heteroatoms. The molecule has 18 heavy (non-hydrogen) atoms. The highest BCUT2D eigenvalue weighted by atomic mass is 16.1. The van der Waals surface area contributed by atoms with Crippen LogP contribution in [0.25, 0.3) is 0 Å². The molecule has 0 aliphatic carbocycles. The van der Waals surface area contributed by atoms with Gasteiger partial charge in [0.15, 0.2) is 0 Å². The van der Waals surface area contributed by atoms with Crippen LogP contribution in [-0.4, -0.2) is 31.8 Å². The SMILES string of the molecule is Cn1cc(NC(=O)c2cn3c(n2)NCCC3)cn1. The van der Waals surface area contributed by atoms with Crippen LogP contribution in [0.5, 0.6) is 0 Å².